The zero-order valence-corrected chi connectivity index (χ0v) is 18.6. The Morgan fingerprint density at radius 1 is 1.23 bits per heavy atom. The standard InChI is InChI=1S/C23H21ClN4O2S/c1-28-21(15-4-2-3-5-17(15)27-28)19-7-12-6-13(24)8-16(22(12)30-19)20-23-18(25-11-26-20)9-14(10-29)31-23/h6,8-9,11,19,29H,2-5,7,10H2,1H3/t19-/m1/s1. The van der Waals surface area contributed by atoms with Gasteiger partial charge >= 0.3 is 0 Å². The van der Waals surface area contributed by atoms with Gasteiger partial charge in [-0.3, -0.25) is 4.68 Å². The number of hydrogen-bond acceptors (Lipinski definition) is 6. The number of aliphatic hydroxyl groups excluding tert-OH is 1. The molecule has 0 saturated carbocycles. The summed E-state index contributed by atoms with van der Waals surface area (Å²) < 4.78 is 9.53. The van der Waals surface area contributed by atoms with Gasteiger partial charge in [0, 0.05) is 40.1 Å². The summed E-state index contributed by atoms with van der Waals surface area (Å²) in [6, 6.07) is 5.82. The average molecular weight is 453 g/mol. The quantitative estimate of drug-likeness (QED) is 0.483. The van der Waals surface area contributed by atoms with Gasteiger partial charge in [0.25, 0.3) is 0 Å². The van der Waals surface area contributed by atoms with Crippen LogP contribution in [0.5, 0.6) is 5.75 Å². The second-order valence-electron chi connectivity index (χ2n) is 8.20. The fourth-order valence-electron chi connectivity index (χ4n) is 4.94. The van der Waals surface area contributed by atoms with Gasteiger partial charge in [-0.25, -0.2) is 9.97 Å². The van der Waals surface area contributed by atoms with Crippen LogP contribution in [-0.2, 0) is 32.9 Å². The van der Waals surface area contributed by atoms with Crippen LogP contribution >= 0.6 is 22.9 Å². The first-order chi connectivity index (χ1) is 15.1. The van der Waals surface area contributed by atoms with Gasteiger partial charge in [0.15, 0.2) is 0 Å². The fourth-order valence-corrected chi connectivity index (χ4v) is 6.15. The van der Waals surface area contributed by atoms with Crippen LogP contribution in [0.1, 0.15) is 46.3 Å². The second-order valence-corrected chi connectivity index (χ2v) is 9.77. The summed E-state index contributed by atoms with van der Waals surface area (Å²) in [6.07, 6.45) is 6.75. The molecule has 0 bridgehead atoms. The number of thiophene rings is 1. The van der Waals surface area contributed by atoms with Crippen LogP contribution in [0.4, 0.5) is 0 Å². The van der Waals surface area contributed by atoms with Gasteiger partial charge < -0.3 is 9.84 Å². The lowest BCUT2D eigenvalue weighted by Crippen LogP contribution is -2.12. The summed E-state index contributed by atoms with van der Waals surface area (Å²) in [5.74, 6) is 0.833. The van der Waals surface area contributed by atoms with Gasteiger partial charge in [0.1, 0.15) is 18.2 Å². The number of aromatic nitrogens is 4. The lowest BCUT2D eigenvalue weighted by molar-refractivity contribution is 0.226. The van der Waals surface area contributed by atoms with E-state index in [9.17, 15) is 5.11 Å². The number of halogens is 1. The minimum atomic E-state index is -0.0831. The van der Waals surface area contributed by atoms with Crippen LogP contribution in [0.25, 0.3) is 21.5 Å². The van der Waals surface area contributed by atoms with E-state index in [2.05, 4.69) is 9.97 Å². The monoisotopic (exact) mass is 452 g/mol. The van der Waals surface area contributed by atoms with Crippen LogP contribution in [0.3, 0.4) is 0 Å². The third-order valence-electron chi connectivity index (χ3n) is 6.24. The second kappa shape index (κ2) is 7.29. The predicted molar refractivity (Wildman–Crippen MR) is 121 cm³/mol. The van der Waals surface area contributed by atoms with Crippen LogP contribution in [-0.4, -0.2) is 24.9 Å². The molecule has 0 saturated heterocycles. The van der Waals surface area contributed by atoms with E-state index >= 15 is 0 Å². The Hall–Kier alpha value is -2.48. The molecule has 0 spiro atoms. The van der Waals surface area contributed by atoms with Crippen molar-refractivity contribution in [3.05, 3.63) is 56.9 Å². The van der Waals surface area contributed by atoms with E-state index in [1.54, 1.807) is 6.33 Å². The Kier molecular flexibility index (Phi) is 4.52. The fraction of sp³-hybridized carbons (Fsp3) is 0.348. The van der Waals surface area contributed by atoms with E-state index in [1.165, 1.54) is 41.1 Å². The molecule has 4 heterocycles. The zero-order chi connectivity index (χ0) is 21.1. The largest absolute Gasteiger partial charge is 0.483 e. The van der Waals surface area contributed by atoms with Crippen molar-refractivity contribution in [2.75, 3.05) is 0 Å². The first-order valence-corrected chi connectivity index (χ1v) is 11.7. The molecule has 1 atom stereocenters. The molecule has 8 heteroatoms. The maximum atomic E-state index is 9.57. The van der Waals surface area contributed by atoms with Gasteiger partial charge in [-0.2, -0.15) is 5.10 Å². The van der Waals surface area contributed by atoms with Crippen molar-refractivity contribution in [3.63, 3.8) is 0 Å². The smallest absolute Gasteiger partial charge is 0.145 e. The molecule has 1 N–H and O–H groups in total. The number of aliphatic hydroxyl groups is 1. The number of aryl methyl sites for hydroxylation is 2. The molecule has 0 amide bonds. The molecule has 6 nitrogen and oxygen atoms in total. The van der Waals surface area contributed by atoms with E-state index in [0.29, 0.717) is 5.02 Å². The molecule has 1 aromatic carbocycles. The van der Waals surface area contributed by atoms with Gasteiger partial charge in [-0.05, 0) is 43.9 Å². The third-order valence-corrected chi connectivity index (χ3v) is 7.58. The van der Waals surface area contributed by atoms with Crippen LogP contribution < -0.4 is 4.74 Å². The number of hydrogen-bond donors (Lipinski definition) is 1. The van der Waals surface area contributed by atoms with Crippen molar-refractivity contribution in [1.82, 2.24) is 19.7 Å². The molecule has 158 valence electrons. The first-order valence-electron chi connectivity index (χ1n) is 10.5. The van der Waals surface area contributed by atoms with E-state index in [1.807, 2.05) is 29.9 Å². The zero-order valence-electron chi connectivity index (χ0n) is 17.1. The Labute approximate surface area is 188 Å². The van der Waals surface area contributed by atoms with E-state index in [4.69, 9.17) is 21.4 Å². The highest BCUT2D eigenvalue weighted by molar-refractivity contribution is 7.19. The summed E-state index contributed by atoms with van der Waals surface area (Å²) >= 11 is 8.03. The maximum absolute atomic E-state index is 9.57. The first kappa shape index (κ1) is 19.2. The van der Waals surface area contributed by atoms with Crippen LogP contribution in [0, 0.1) is 0 Å². The van der Waals surface area contributed by atoms with Crippen molar-refractivity contribution >= 4 is 33.2 Å². The van der Waals surface area contributed by atoms with Gasteiger partial charge in [-0.1, -0.05) is 11.6 Å². The van der Waals surface area contributed by atoms with E-state index in [0.717, 1.165) is 56.9 Å². The Morgan fingerprint density at radius 3 is 2.97 bits per heavy atom. The number of rotatable bonds is 3. The summed E-state index contributed by atoms with van der Waals surface area (Å²) in [4.78, 5) is 9.81. The lowest BCUT2D eigenvalue weighted by atomic mass is 9.93. The van der Waals surface area contributed by atoms with Crippen molar-refractivity contribution in [2.45, 2.75) is 44.8 Å². The van der Waals surface area contributed by atoms with Crippen molar-refractivity contribution in [3.8, 4) is 17.0 Å². The minimum Gasteiger partial charge on any atom is -0.483 e. The molecule has 6 rings (SSSR count). The van der Waals surface area contributed by atoms with Crippen molar-refractivity contribution < 1.29 is 9.84 Å². The molecule has 1 aliphatic heterocycles. The molecule has 1 aliphatic carbocycles. The summed E-state index contributed by atoms with van der Waals surface area (Å²) in [6.45, 7) is -0.0156. The highest BCUT2D eigenvalue weighted by Crippen LogP contribution is 2.47. The van der Waals surface area contributed by atoms with Crippen LogP contribution in [0.2, 0.25) is 5.02 Å². The summed E-state index contributed by atoms with van der Waals surface area (Å²) in [5.41, 5.74) is 7.33. The molecule has 4 aromatic rings. The minimum absolute atomic E-state index is 0.0156. The lowest BCUT2D eigenvalue weighted by Gasteiger charge is -2.17. The average Bonchev–Trinajstić information content (AvgIpc) is 3.45. The Bertz CT molecular complexity index is 1330. The summed E-state index contributed by atoms with van der Waals surface area (Å²) in [7, 11) is 2.02. The van der Waals surface area contributed by atoms with Crippen LogP contribution in [0.15, 0.2) is 24.5 Å². The topological polar surface area (TPSA) is 73.1 Å². The number of benzene rings is 1. The van der Waals surface area contributed by atoms with Gasteiger partial charge in [0.05, 0.1) is 33.9 Å². The SMILES string of the molecule is Cn1nc2c(c1[C@H]1Cc3cc(Cl)cc(-c4ncnc5cc(CO)sc45)c3O1)CCCC2. The van der Waals surface area contributed by atoms with E-state index in [-0.39, 0.29) is 12.7 Å². The van der Waals surface area contributed by atoms with Gasteiger partial charge in [0.2, 0.25) is 0 Å². The number of fused-ring (bicyclic) bond motifs is 3. The molecule has 0 radical (unpaired) electrons. The number of ether oxygens (including phenoxy) is 1. The summed E-state index contributed by atoms with van der Waals surface area (Å²) in [5, 5.41) is 15.0. The molecule has 0 unspecified atom stereocenters. The Morgan fingerprint density at radius 2 is 2.10 bits per heavy atom. The highest BCUT2D eigenvalue weighted by atomic mass is 35.5. The number of nitrogens with zero attached hydrogens (tertiary/aromatic N) is 4. The normalized spacial score (nSPS) is 17.6. The highest BCUT2D eigenvalue weighted by Gasteiger charge is 2.34. The molecule has 0 fully saturated rings. The molecule has 2 aliphatic rings. The van der Waals surface area contributed by atoms with Crippen molar-refractivity contribution in [2.24, 2.45) is 7.05 Å². The molecule has 31 heavy (non-hydrogen) atoms. The third kappa shape index (κ3) is 3.06. The Balaban J connectivity index is 1.47. The van der Waals surface area contributed by atoms with Crippen molar-refractivity contribution in [1.29, 1.82) is 0 Å². The molecular formula is C23H21ClN4O2S. The predicted octanol–water partition coefficient (Wildman–Crippen LogP) is 4.79. The molecule has 3 aromatic heterocycles. The van der Waals surface area contributed by atoms with E-state index < -0.39 is 0 Å². The molecular weight excluding hydrogens is 432 g/mol. The maximum Gasteiger partial charge on any atom is 0.145 e. The van der Waals surface area contributed by atoms with Gasteiger partial charge in [-0.15, -0.1) is 11.3 Å².